The topological polar surface area (TPSA) is 44.8 Å². The molecule has 25 heavy (non-hydrogen) atoms. The van der Waals surface area contributed by atoms with Gasteiger partial charge in [0.25, 0.3) is 0 Å². The highest BCUT2D eigenvalue weighted by atomic mass is 16.5. The van der Waals surface area contributed by atoms with Crippen molar-refractivity contribution in [2.24, 2.45) is 0 Å². The maximum Gasteiger partial charge on any atom is 0.334 e. The lowest BCUT2D eigenvalue weighted by Gasteiger charge is -2.26. The molecule has 0 saturated carbocycles. The minimum Gasteiger partial charge on any atom is -0.497 e. The van der Waals surface area contributed by atoms with Crippen molar-refractivity contribution in [2.45, 2.75) is 17.9 Å². The number of benzene rings is 2. The van der Waals surface area contributed by atoms with Crippen molar-refractivity contribution in [3.05, 3.63) is 77.4 Å². The molecule has 0 N–H and O–H groups in total. The minimum atomic E-state index is -0.318. The SMILES string of the molecule is COC(=O)C1=C[C@@H](c2ccccc2)[C@H](OC)[C@@H]1c1ccc(OC)cc1. The molecule has 4 nitrogen and oxygen atoms in total. The largest absolute Gasteiger partial charge is 0.497 e. The van der Waals surface area contributed by atoms with Gasteiger partial charge < -0.3 is 14.2 Å². The highest BCUT2D eigenvalue weighted by Crippen LogP contribution is 2.45. The second-order valence-electron chi connectivity index (χ2n) is 6.00. The predicted octanol–water partition coefficient (Wildman–Crippen LogP) is 3.69. The van der Waals surface area contributed by atoms with Gasteiger partial charge in [-0.1, -0.05) is 48.5 Å². The van der Waals surface area contributed by atoms with Crippen LogP contribution in [0.2, 0.25) is 0 Å². The van der Waals surface area contributed by atoms with Gasteiger partial charge in [0.15, 0.2) is 0 Å². The molecule has 0 bridgehead atoms. The molecule has 0 aliphatic heterocycles. The van der Waals surface area contributed by atoms with Gasteiger partial charge in [0, 0.05) is 24.5 Å². The van der Waals surface area contributed by atoms with E-state index < -0.39 is 0 Å². The molecule has 0 amide bonds. The molecule has 2 aromatic carbocycles. The molecule has 1 aliphatic carbocycles. The summed E-state index contributed by atoms with van der Waals surface area (Å²) in [6.07, 6.45) is 1.80. The second-order valence-corrected chi connectivity index (χ2v) is 6.00. The summed E-state index contributed by atoms with van der Waals surface area (Å²) in [6, 6.07) is 17.8. The second kappa shape index (κ2) is 7.53. The number of ether oxygens (including phenoxy) is 3. The van der Waals surface area contributed by atoms with Crippen LogP contribution < -0.4 is 4.74 Å². The van der Waals surface area contributed by atoms with Crippen molar-refractivity contribution in [1.29, 1.82) is 0 Å². The van der Waals surface area contributed by atoms with Crippen LogP contribution in [0.4, 0.5) is 0 Å². The number of hydrogen-bond acceptors (Lipinski definition) is 4. The van der Waals surface area contributed by atoms with E-state index in [9.17, 15) is 4.79 Å². The van der Waals surface area contributed by atoms with Gasteiger partial charge in [0.2, 0.25) is 0 Å². The van der Waals surface area contributed by atoms with Crippen molar-refractivity contribution < 1.29 is 19.0 Å². The molecule has 1 aliphatic rings. The molecule has 0 spiro atoms. The molecule has 0 radical (unpaired) electrons. The quantitative estimate of drug-likeness (QED) is 0.780. The lowest BCUT2D eigenvalue weighted by atomic mass is 9.86. The molecule has 3 rings (SSSR count). The van der Waals surface area contributed by atoms with Gasteiger partial charge in [0.05, 0.1) is 20.3 Å². The summed E-state index contributed by atoms with van der Waals surface area (Å²) >= 11 is 0. The zero-order valence-electron chi connectivity index (χ0n) is 14.6. The molecule has 4 heteroatoms. The van der Waals surface area contributed by atoms with E-state index in [1.54, 1.807) is 14.2 Å². The highest BCUT2D eigenvalue weighted by molar-refractivity contribution is 5.91. The van der Waals surface area contributed by atoms with Crippen molar-refractivity contribution in [3.63, 3.8) is 0 Å². The molecule has 0 heterocycles. The summed E-state index contributed by atoms with van der Waals surface area (Å²) in [5, 5.41) is 0. The highest BCUT2D eigenvalue weighted by Gasteiger charge is 2.42. The van der Waals surface area contributed by atoms with Crippen LogP contribution in [0, 0.1) is 0 Å². The van der Waals surface area contributed by atoms with Crippen molar-refractivity contribution >= 4 is 5.97 Å². The fourth-order valence-electron chi connectivity index (χ4n) is 3.51. The number of carbonyl (C=O) groups excluding carboxylic acids is 1. The van der Waals surface area contributed by atoms with Gasteiger partial charge in [0.1, 0.15) is 5.75 Å². The monoisotopic (exact) mass is 338 g/mol. The molecule has 0 saturated heterocycles. The summed E-state index contributed by atoms with van der Waals surface area (Å²) in [5.74, 6) is 0.265. The molecule has 3 atom stereocenters. The Morgan fingerprint density at radius 1 is 0.880 bits per heavy atom. The molecule has 0 aromatic heterocycles. The summed E-state index contributed by atoms with van der Waals surface area (Å²) in [4.78, 5) is 12.4. The van der Waals surface area contributed by atoms with Gasteiger partial charge in [-0.3, -0.25) is 0 Å². The van der Waals surface area contributed by atoms with Crippen LogP contribution in [0.25, 0.3) is 0 Å². The third kappa shape index (κ3) is 3.30. The Bertz CT molecular complexity index is 749. The molecule has 0 unspecified atom stereocenters. The molecule has 130 valence electrons. The number of esters is 1. The van der Waals surface area contributed by atoms with E-state index in [-0.39, 0.29) is 23.9 Å². The molecule has 0 fully saturated rings. The van der Waals surface area contributed by atoms with Crippen LogP contribution >= 0.6 is 0 Å². The van der Waals surface area contributed by atoms with Crippen LogP contribution in [0.5, 0.6) is 5.75 Å². The minimum absolute atomic E-state index is 0.00704. The first kappa shape index (κ1) is 17.2. The van der Waals surface area contributed by atoms with Crippen LogP contribution in [-0.2, 0) is 14.3 Å². The Hall–Kier alpha value is -2.59. The van der Waals surface area contributed by atoms with E-state index in [1.807, 2.05) is 48.5 Å². The Labute approximate surface area is 148 Å². The lowest BCUT2D eigenvalue weighted by Crippen LogP contribution is -2.25. The number of carbonyl (C=O) groups is 1. The Morgan fingerprint density at radius 2 is 1.56 bits per heavy atom. The first-order valence-electron chi connectivity index (χ1n) is 8.21. The molecular formula is C21H22O4. The number of hydrogen-bond donors (Lipinski definition) is 0. The van der Waals surface area contributed by atoms with Crippen LogP contribution in [0.1, 0.15) is 23.0 Å². The van der Waals surface area contributed by atoms with E-state index in [2.05, 4.69) is 12.1 Å². The summed E-state index contributed by atoms with van der Waals surface area (Å²) in [6.45, 7) is 0. The average Bonchev–Trinajstić information content (AvgIpc) is 3.07. The van der Waals surface area contributed by atoms with Crippen molar-refractivity contribution in [3.8, 4) is 5.75 Å². The van der Waals surface area contributed by atoms with Gasteiger partial charge in [-0.05, 0) is 23.3 Å². The van der Waals surface area contributed by atoms with Gasteiger partial charge in [-0.15, -0.1) is 0 Å². The van der Waals surface area contributed by atoms with Crippen LogP contribution in [0.15, 0.2) is 66.2 Å². The fraction of sp³-hybridized carbons (Fsp3) is 0.286. The average molecular weight is 338 g/mol. The third-order valence-corrected chi connectivity index (χ3v) is 4.73. The van der Waals surface area contributed by atoms with E-state index in [0.717, 1.165) is 16.9 Å². The molecular weight excluding hydrogens is 316 g/mol. The Morgan fingerprint density at radius 3 is 2.12 bits per heavy atom. The Kier molecular flexibility index (Phi) is 5.19. The van der Waals surface area contributed by atoms with Gasteiger partial charge in [-0.2, -0.15) is 0 Å². The van der Waals surface area contributed by atoms with E-state index in [0.29, 0.717) is 5.57 Å². The standard InChI is InChI=1S/C21H22O4/c1-23-16-11-9-15(10-12-16)19-18(21(22)25-3)13-17(20(19)24-2)14-7-5-4-6-8-14/h4-13,17,19-20H,1-3H3/t17-,19+,20-/m0/s1. The summed E-state index contributed by atoms with van der Waals surface area (Å²) in [7, 11) is 4.73. The number of methoxy groups -OCH3 is 3. The van der Waals surface area contributed by atoms with Crippen molar-refractivity contribution in [1.82, 2.24) is 0 Å². The fourth-order valence-corrected chi connectivity index (χ4v) is 3.51. The normalized spacial score (nSPS) is 22.4. The lowest BCUT2D eigenvalue weighted by molar-refractivity contribution is -0.136. The molecule has 2 aromatic rings. The van der Waals surface area contributed by atoms with Gasteiger partial charge in [-0.25, -0.2) is 4.79 Å². The Balaban J connectivity index is 2.04. The maximum atomic E-state index is 12.4. The van der Waals surface area contributed by atoms with E-state index in [1.165, 1.54) is 7.11 Å². The smallest absolute Gasteiger partial charge is 0.334 e. The van der Waals surface area contributed by atoms with Crippen LogP contribution in [0.3, 0.4) is 0 Å². The van der Waals surface area contributed by atoms with Crippen molar-refractivity contribution in [2.75, 3.05) is 21.3 Å². The first-order valence-corrected chi connectivity index (χ1v) is 8.21. The third-order valence-electron chi connectivity index (χ3n) is 4.73. The van der Waals surface area contributed by atoms with E-state index >= 15 is 0 Å². The first-order chi connectivity index (χ1) is 12.2. The van der Waals surface area contributed by atoms with E-state index in [4.69, 9.17) is 14.2 Å². The van der Waals surface area contributed by atoms with Gasteiger partial charge >= 0.3 is 5.97 Å². The van der Waals surface area contributed by atoms with Crippen LogP contribution in [-0.4, -0.2) is 33.4 Å². The summed E-state index contributed by atoms with van der Waals surface area (Å²) < 4.78 is 16.1. The predicted molar refractivity (Wildman–Crippen MR) is 95.8 cm³/mol. The summed E-state index contributed by atoms with van der Waals surface area (Å²) in [5.41, 5.74) is 2.75. The number of rotatable bonds is 5. The zero-order valence-corrected chi connectivity index (χ0v) is 14.6. The zero-order chi connectivity index (χ0) is 17.8. The maximum absolute atomic E-state index is 12.4.